The minimum absolute atomic E-state index is 0.0590. The van der Waals surface area contributed by atoms with Crippen LogP contribution in [-0.2, 0) is 6.54 Å². The van der Waals surface area contributed by atoms with Crippen molar-refractivity contribution in [2.75, 3.05) is 39.3 Å². The largest absolute Gasteiger partial charge is 0.335 e. The van der Waals surface area contributed by atoms with Gasteiger partial charge in [-0.15, -0.1) is 5.10 Å². The van der Waals surface area contributed by atoms with Crippen LogP contribution in [-0.4, -0.2) is 76.1 Å². The number of hydrogen-bond acceptors (Lipinski definition) is 5. The van der Waals surface area contributed by atoms with E-state index in [2.05, 4.69) is 52.8 Å². The molecule has 2 amide bonds. The third-order valence-electron chi connectivity index (χ3n) is 5.85. The Bertz CT molecular complexity index is 587. The molecule has 0 aromatic carbocycles. The number of aromatic nitrogens is 3. The van der Waals surface area contributed by atoms with Gasteiger partial charge in [0.05, 0.1) is 17.9 Å². The molecule has 0 radical (unpaired) electrons. The SMILES string of the molecule is CC(C)[C@@H](C)NC(=O)N1CCC(n2cc(CN3CCCNCC3)nn2)CC1. The molecule has 1 atom stereocenters. The lowest BCUT2D eigenvalue weighted by atomic mass is 10.0. The van der Waals surface area contributed by atoms with Crippen LogP contribution in [0.15, 0.2) is 6.20 Å². The van der Waals surface area contributed by atoms with Crippen LogP contribution >= 0.6 is 0 Å². The summed E-state index contributed by atoms with van der Waals surface area (Å²) in [5, 5.41) is 15.3. The van der Waals surface area contributed by atoms with Gasteiger partial charge in [0.15, 0.2) is 0 Å². The van der Waals surface area contributed by atoms with E-state index in [1.807, 2.05) is 9.58 Å². The van der Waals surface area contributed by atoms with Crippen LogP contribution < -0.4 is 10.6 Å². The fraction of sp³-hybridized carbons (Fsp3) is 0.842. The predicted octanol–water partition coefficient (Wildman–Crippen LogP) is 1.46. The molecule has 3 rings (SSSR count). The van der Waals surface area contributed by atoms with Gasteiger partial charge >= 0.3 is 6.03 Å². The molecule has 2 saturated heterocycles. The molecular formula is C19H35N7O. The zero-order chi connectivity index (χ0) is 19.2. The highest BCUT2D eigenvalue weighted by molar-refractivity contribution is 5.74. The fourth-order valence-corrected chi connectivity index (χ4v) is 3.64. The number of carbonyl (C=O) groups is 1. The molecule has 8 heteroatoms. The van der Waals surface area contributed by atoms with Crippen LogP contribution in [0.1, 0.15) is 51.8 Å². The molecule has 1 aromatic rings. The molecule has 3 heterocycles. The van der Waals surface area contributed by atoms with Crippen LogP contribution in [0.4, 0.5) is 4.79 Å². The highest BCUT2D eigenvalue weighted by atomic mass is 16.2. The van der Waals surface area contributed by atoms with Gasteiger partial charge in [-0.05, 0) is 45.2 Å². The average molecular weight is 378 g/mol. The highest BCUT2D eigenvalue weighted by Crippen LogP contribution is 2.22. The summed E-state index contributed by atoms with van der Waals surface area (Å²) in [4.78, 5) is 16.7. The monoisotopic (exact) mass is 377 g/mol. The van der Waals surface area contributed by atoms with E-state index in [1.54, 1.807) is 0 Å². The summed E-state index contributed by atoms with van der Waals surface area (Å²) >= 11 is 0. The van der Waals surface area contributed by atoms with Crippen molar-refractivity contribution in [3.63, 3.8) is 0 Å². The summed E-state index contributed by atoms with van der Waals surface area (Å²) in [5.74, 6) is 0.444. The summed E-state index contributed by atoms with van der Waals surface area (Å²) < 4.78 is 2.01. The van der Waals surface area contributed by atoms with E-state index in [0.717, 1.165) is 64.3 Å². The van der Waals surface area contributed by atoms with Gasteiger partial charge in [-0.25, -0.2) is 9.48 Å². The molecule has 2 aliphatic heterocycles. The molecule has 0 unspecified atom stereocenters. The number of likely N-dealkylation sites (tertiary alicyclic amines) is 1. The van der Waals surface area contributed by atoms with Crippen molar-refractivity contribution in [1.82, 2.24) is 35.4 Å². The van der Waals surface area contributed by atoms with Crippen molar-refractivity contribution in [1.29, 1.82) is 0 Å². The zero-order valence-corrected chi connectivity index (χ0v) is 17.0. The number of rotatable bonds is 5. The summed E-state index contributed by atoms with van der Waals surface area (Å²) in [6.07, 6.45) is 5.14. The average Bonchev–Trinajstić information content (AvgIpc) is 2.97. The minimum atomic E-state index is 0.0590. The van der Waals surface area contributed by atoms with Gasteiger partial charge < -0.3 is 15.5 Å². The molecule has 152 valence electrons. The van der Waals surface area contributed by atoms with Gasteiger partial charge in [0.1, 0.15) is 0 Å². The Morgan fingerprint density at radius 2 is 2.00 bits per heavy atom. The smallest absolute Gasteiger partial charge is 0.317 e. The Labute approximate surface area is 162 Å². The standard InChI is InChI=1S/C19H35N7O/c1-15(2)16(3)21-19(27)25-10-5-18(6-11-25)26-14-17(22-23-26)13-24-9-4-7-20-8-12-24/h14-16,18,20H,4-13H2,1-3H3,(H,21,27)/t16-/m1/s1. The Morgan fingerprint density at radius 3 is 2.74 bits per heavy atom. The quantitative estimate of drug-likeness (QED) is 0.812. The maximum absolute atomic E-state index is 12.4. The Balaban J connectivity index is 1.47. The molecule has 2 fully saturated rings. The molecule has 0 bridgehead atoms. The van der Waals surface area contributed by atoms with Gasteiger partial charge in [0, 0.05) is 38.8 Å². The van der Waals surface area contributed by atoms with E-state index >= 15 is 0 Å². The molecule has 8 nitrogen and oxygen atoms in total. The van der Waals surface area contributed by atoms with Crippen LogP contribution in [0.25, 0.3) is 0 Å². The maximum Gasteiger partial charge on any atom is 0.317 e. The Hall–Kier alpha value is -1.67. The van der Waals surface area contributed by atoms with Crippen molar-refractivity contribution in [3.05, 3.63) is 11.9 Å². The zero-order valence-electron chi connectivity index (χ0n) is 17.0. The van der Waals surface area contributed by atoms with Crippen molar-refractivity contribution in [3.8, 4) is 0 Å². The second-order valence-corrected chi connectivity index (χ2v) is 8.27. The van der Waals surface area contributed by atoms with Crippen LogP contribution in [0, 0.1) is 5.92 Å². The van der Waals surface area contributed by atoms with Gasteiger partial charge in [0.2, 0.25) is 0 Å². The molecule has 0 aliphatic carbocycles. The number of nitrogens with zero attached hydrogens (tertiary/aromatic N) is 5. The third kappa shape index (κ3) is 5.65. The number of piperidine rings is 1. The summed E-state index contributed by atoms with van der Waals surface area (Å²) in [6.45, 7) is 13.1. The third-order valence-corrected chi connectivity index (χ3v) is 5.85. The molecule has 0 saturated carbocycles. The van der Waals surface area contributed by atoms with Crippen molar-refractivity contribution in [2.45, 2.75) is 58.7 Å². The minimum Gasteiger partial charge on any atom is -0.335 e. The molecule has 0 spiro atoms. The number of carbonyl (C=O) groups excluding carboxylic acids is 1. The highest BCUT2D eigenvalue weighted by Gasteiger charge is 2.26. The maximum atomic E-state index is 12.4. The first kappa shape index (κ1) is 20.1. The Morgan fingerprint density at radius 1 is 1.22 bits per heavy atom. The summed E-state index contributed by atoms with van der Waals surface area (Å²) in [5.41, 5.74) is 1.04. The van der Waals surface area contributed by atoms with Crippen LogP contribution in [0.3, 0.4) is 0 Å². The van der Waals surface area contributed by atoms with E-state index in [0.29, 0.717) is 12.0 Å². The predicted molar refractivity (Wildman–Crippen MR) is 105 cm³/mol. The molecule has 27 heavy (non-hydrogen) atoms. The lowest BCUT2D eigenvalue weighted by molar-refractivity contribution is 0.163. The van der Waals surface area contributed by atoms with Gasteiger partial charge in [-0.2, -0.15) is 0 Å². The molecule has 1 aromatic heterocycles. The molecular weight excluding hydrogens is 342 g/mol. The molecule has 2 aliphatic rings. The normalized spacial score (nSPS) is 21.3. The molecule has 2 N–H and O–H groups in total. The van der Waals surface area contributed by atoms with Crippen molar-refractivity contribution in [2.24, 2.45) is 5.92 Å². The first-order valence-corrected chi connectivity index (χ1v) is 10.4. The van der Waals surface area contributed by atoms with E-state index in [4.69, 9.17) is 0 Å². The Kier molecular flexibility index (Phi) is 7.07. The number of hydrogen-bond donors (Lipinski definition) is 2. The van der Waals surface area contributed by atoms with Crippen LogP contribution in [0.2, 0.25) is 0 Å². The van der Waals surface area contributed by atoms with E-state index in [9.17, 15) is 4.79 Å². The number of urea groups is 1. The van der Waals surface area contributed by atoms with Gasteiger partial charge in [-0.3, -0.25) is 4.90 Å². The van der Waals surface area contributed by atoms with E-state index in [-0.39, 0.29) is 12.1 Å². The summed E-state index contributed by atoms with van der Waals surface area (Å²) in [6, 6.07) is 0.592. The van der Waals surface area contributed by atoms with Crippen molar-refractivity contribution >= 4 is 6.03 Å². The van der Waals surface area contributed by atoms with E-state index < -0.39 is 0 Å². The van der Waals surface area contributed by atoms with Gasteiger partial charge in [-0.1, -0.05) is 19.1 Å². The lowest BCUT2D eigenvalue weighted by Gasteiger charge is -2.33. The van der Waals surface area contributed by atoms with Crippen molar-refractivity contribution < 1.29 is 4.79 Å². The fourth-order valence-electron chi connectivity index (χ4n) is 3.64. The van der Waals surface area contributed by atoms with Crippen LogP contribution in [0.5, 0.6) is 0 Å². The lowest BCUT2D eigenvalue weighted by Crippen LogP contribution is -2.48. The van der Waals surface area contributed by atoms with Gasteiger partial charge in [0.25, 0.3) is 0 Å². The number of amides is 2. The number of nitrogens with one attached hydrogen (secondary N) is 2. The topological polar surface area (TPSA) is 78.3 Å². The second-order valence-electron chi connectivity index (χ2n) is 8.27. The first-order chi connectivity index (χ1) is 13.0. The summed E-state index contributed by atoms with van der Waals surface area (Å²) in [7, 11) is 0. The second kappa shape index (κ2) is 9.50. The van der Waals surface area contributed by atoms with E-state index in [1.165, 1.54) is 6.42 Å². The first-order valence-electron chi connectivity index (χ1n) is 10.4.